The number of pyridine rings is 1. The van der Waals surface area contributed by atoms with Crippen molar-refractivity contribution in [2.24, 2.45) is 0 Å². The standard InChI is InChI=1S/C19H18N8O2/c28-17-10-21-14(19(29)26-17)6-11-8-22-27-16(24-12-3-4-12)7-15(25-18(11)27)23-13-2-1-5-20-9-13/h1-2,5-9,12,21,24H,3-4,10H2,(H,23,25)(H,26,28,29)/b14-6-. The molecule has 4 N–H and O–H groups in total. The molecular weight excluding hydrogens is 372 g/mol. The summed E-state index contributed by atoms with van der Waals surface area (Å²) in [6.07, 6.45) is 8.94. The molecule has 3 aromatic heterocycles. The van der Waals surface area contributed by atoms with Crippen molar-refractivity contribution in [3.63, 3.8) is 0 Å². The van der Waals surface area contributed by atoms with Crippen LogP contribution < -0.4 is 21.3 Å². The largest absolute Gasteiger partial charge is 0.372 e. The fourth-order valence-electron chi connectivity index (χ4n) is 3.04. The van der Waals surface area contributed by atoms with Gasteiger partial charge in [-0.3, -0.25) is 19.9 Å². The Morgan fingerprint density at radius 1 is 1.24 bits per heavy atom. The van der Waals surface area contributed by atoms with Crippen molar-refractivity contribution in [3.8, 4) is 0 Å². The maximum Gasteiger partial charge on any atom is 0.273 e. The lowest BCUT2D eigenvalue weighted by Crippen LogP contribution is -2.47. The molecule has 1 aliphatic carbocycles. The van der Waals surface area contributed by atoms with Gasteiger partial charge >= 0.3 is 0 Å². The average Bonchev–Trinajstić information content (AvgIpc) is 3.44. The van der Waals surface area contributed by atoms with Crippen LogP contribution in [0.5, 0.6) is 0 Å². The molecule has 0 bridgehead atoms. The molecule has 5 rings (SSSR count). The molecule has 4 heterocycles. The van der Waals surface area contributed by atoms with Crippen molar-refractivity contribution in [2.75, 3.05) is 17.2 Å². The number of amides is 2. The van der Waals surface area contributed by atoms with E-state index in [0.29, 0.717) is 28.8 Å². The molecule has 29 heavy (non-hydrogen) atoms. The number of nitrogens with one attached hydrogen (secondary N) is 4. The summed E-state index contributed by atoms with van der Waals surface area (Å²) in [4.78, 5) is 32.2. The molecule has 1 saturated heterocycles. The van der Waals surface area contributed by atoms with Gasteiger partial charge in [0.2, 0.25) is 5.91 Å². The van der Waals surface area contributed by atoms with Crippen LogP contribution in [-0.2, 0) is 9.59 Å². The van der Waals surface area contributed by atoms with Crippen LogP contribution in [0.15, 0.2) is 42.5 Å². The normalized spacial score (nSPS) is 17.9. The Morgan fingerprint density at radius 3 is 2.90 bits per heavy atom. The van der Waals surface area contributed by atoms with E-state index in [4.69, 9.17) is 0 Å². The van der Waals surface area contributed by atoms with E-state index in [1.165, 1.54) is 0 Å². The van der Waals surface area contributed by atoms with Gasteiger partial charge in [-0.25, -0.2) is 4.98 Å². The molecule has 10 nitrogen and oxygen atoms in total. The molecule has 0 spiro atoms. The Hall–Kier alpha value is -3.95. The Morgan fingerprint density at radius 2 is 2.14 bits per heavy atom. The fraction of sp³-hybridized carbons (Fsp3) is 0.211. The van der Waals surface area contributed by atoms with Crippen molar-refractivity contribution in [2.45, 2.75) is 18.9 Å². The van der Waals surface area contributed by atoms with Gasteiger partial charge in [0.25, 0.3) is 5.91 Å². The number of piperazine rings is 1. The average molecular weight is 390 g/mol. The first kappa shape index (κ1) is 17.2. The van der Waals surface area contributed by atoms with Crippen molar-refractivity contribution < 1.29 is 9.59 Å². The first-order valence-electron chi connectivity index (χ1n) is 9.28. The molecule has 2 amide bonds. The van der Waals surface area contributed by atoms with Crippen molar-refractivity contribution in [1.82, 2.24) is 30.2 Å². The molecule has 146 valence electrons. The van der Waals surface area contributed by atoms with E-state index in [1.807, 2.05) is 18.2 Å². The molecular formula is C19H18N8O2. The Balaban J connectivity index is 1.55. The van der Waals surface area contributed by atoms with E-state index < -0.39 is 5.91 Å². The number of hydrogen-bond donors (Lipinski definition) is 4. The number of hydrogen-bond acceptors (Lipinski definition) is 8. The number of anilines is 3. The minimum Gasteiger partial charge on any atom is -0.372 e. The highest BCUT2D eigenvalue weighted by Gasteiger charge is 2.24. The third-order valence-corrected chi connectivity index (χ3v) is 4.60. The molecule has 0 aromatic carbocycles. The van der Waals surface area contributed by atoms with Crippen LogP contribution in [0, 0.1) is 0 Å². The number of rotatable bonds is 5. The Kier molecular flexibility index (Phi) is 4.08. The number of aromatic nitrogens is 4. The molecule has 2 aliphatic rings. The van der Waals surface area contributed by atoms with Crippen LogP contribution >= 0.6 is 0 Å². The van der Waals surface area contributed by atoms with E-state index in [9.17, 15) is 9.59 Å². The summed E-state index contributed by atoms with van der Waals surface area (Å²) in [5.41, 5.74) is 2.35. The summed E-state index contributed by atoms with van der Waals surface area (Å²) < 4.78 is 1.71. The van der Waals surface area contributed by atoms with Crippen LogP contribution in [0.25, 0.3) is 11.7 Å². The monoisotopic (exact) mass is 390 g/mol. The molecule has 3 aromatic rings. The van der Waals surface area contributed by atoms with Crippen LogP contribution in [0.1, 0.15) is 18.4 Å². The minimum atomic E-state index is -0.471. The summed E-state index contributed by atoms with van der Waals surface area (Å²) in [5, 5.41) is 16.3. The van der Waals surface area contributed by atoms with Gasteiger partial charge in [0, 0.05) is 23.9 Å². The Labute approximate surface area is 165 Å². The van der Waals surface area contributed by atoms with Gasteiger partial charge in [0.1, 0.15) is 17.3 Å². The number of carbonyl (C=O) groups excluding carboxylic acids is 2. The van der Waals surface area contributed by atoms with Crippen LogP contribution in [0.3, 0.4) is 0 Å². The zero-order valence-electron chi connectivity index (χ0n) is 15.3. The number of imide groups is 1. The lowest BCUT2D eigenvalue weighted by atomic mass is 10.2. The second-order valence-corrected chi connectivity index (χ2v) is 6.94. The van der Waals surface area contributed by atoms with E-state index in [2.05, 4.69) is 36.3 Å². The molecule has 0 unspecified atom stereocenters. The van der Waals surface area contributed by atoms with Crippen molar-refractivity contribution in [3.05, 3.63) is 48.1 Å². The molecule has 2 fully saturated rings. The van der Waals surface area contributed by atoms with E-state index in [1.54, 1.807) is 29.2 Å². The third-order valence-electron chi connectivity index (χ3n) is 4.60. The van der Waals surface area contributed by atoms with E-state index in [-0.39, 0.29) is 12.5 Å². The van der Waals surface area contributed by atoms with Crippen molar-refractivity contribution >= 4 is 40.9 Å². The maximum absolute atomic E-state index is 12.1. The first-order chi connectivity index (χ1) is 14.2. The second-order valence-electron chi connectivity index (χ2n) is 6.94. The zero-order chi connectivity index (χ0) is 19.8. The predicted octanol–water partition coefficient (Wildman–Crippen LogP) is 1.03. The van der Waals surface area contributed by atoms with Gasteiger partial charge in [-0.05, 0) is 31.1 Å². The third kappa shape index (κ3) is 3.59. The first-order valence-corrected chi connectivity index (χ1v) is 9.28. The van der Waals surface area contributed by atoms with E-state index >= 15 is 0 Å². The van der Waals surface area contributed by atoms with Crippen molar-refractivity contribution in [1.29, 1.82) is 0 Å². The number of carbonyl (C=O) groups is 2. The van der Waals surface area contributed by atoms with Crippen LogP contribution in [0.2, 0.25) is 0 Å². The summed E-state index contributed by atoms with van der Waals surface area (Å²) in [7, 11) is 0. The summed E-state index contributed by atoms with van der Waals surface area (Å²) in [6.45, 7) is 0.0481. The van der Waals surface area contributed by atoms with Gasteiger partial charge in [0.15, 0.2) is 5.65 Å². The molecule has 0 radical (unpaired) electrons. The number of fused-ring (bicyclic) bond motifs is 1. The topological polar surface area (TPSA) is 125 Å². The quantitative estimate of drug-likeness (QED) is 0.376. The van der Waals surface area contributed by atoms with E-state index in [0.717, 1.165) is 24.3 Å². The van der Waals surface area contributed by atoms with Gasteiger partial charge in [-0.2, -0.15) is 9.61 Å². The lowest BCUT2D eigenvalue weighted by Gasteiger charge is -2.15. The summed E-state index contributed by atoms with van der Waals surface area (Å²) >= 11 is 0. The van der Waals surface area contributed by atoms with Gasteiger partial charge in [-0.15, -0.1) is 0 Å². The molecule has 10 heteroatoms. The number of nitrogens with zero attached hydrogens (tertiary/aromatic N) is 4. The minimum absolute atomic E-state index is 0.0481. The van der Waals surface area contributed by atoms with Gasteiger partial charge in [0.05, 0.1) is 24.6 Å². The van der Waals surface area contributed by atoms with Gasteiger partial charge < -0.3 is 16.0 Å². The molecule has 1 saturated carbocycles. The SMILES string of the molecule is O=C1CN/C(=C\c2cnn3c(NC4CC4)cc(Nc4cccnc4)nc23)C(=O)N1. The fourth-order valence-corrected chi connectivity index (χ4v) is 3.04. The smallest absolute Gasteiger partial charge is 0.273 e. The Bertz CT molecular complexity index is 1130. The predicted molar refractivity (Wildman–Crippen MR) is 106 cm³/mol. The highest BCUT2D eigenvalue weighted by molar-refractivity contribution is 6.09. The summed E-state index contributed by atoms with van der Waals surface area (Å²) in [5.74, 6) is 0.611. The highest BCUT2D eigenvalue weighted by atomic mass is 16.2. The maximum atomic E-state index is 12.1. The van der Waals surface area contributed by atoms with Crippen LogP contribution in [0.4, 0.5) is 17.3 Å². The second kappa shape index (κ2) is 6.89. The van der Waals surface area contributed by atoms with Gasteiger partial charge in [-0.1, -0.05) is 0 Å². The molecule has 1 aliphatic heterocycles. The molecule has 0 atom stereocenters. The highest BCUT2D eigenvalue weighted by Crippen LogP contribution is 2.28. The van der Waals surface area contributed by atoms with Crippen LogP contribution in [-0.4, -0.2) is 44.0 Å². The zero-order valence-corrected chi connectivity index (χ0v) is 15.3. The lowest BCUT2D eigenvalue weighted by molar-refractivity contribution is -0.129. The summed E-state index contributed by atoms with van der Waals surface area (Å²) in [6, 6.07) is 6.06.